The molecule has 0 fully saturated rings. The summed E-state index contributed by atoms with van der Waals surface area (Å²) in [5, 5.41) is 1.94. The molecule has 0 amide bonds. The van der Waals surface area contributed by atoms with Crippen LogP contribution < -0.4 is 9.64 Å². The molecule has 5 heterocycles. The van der Waals surface area contributed by atoms with Crippen molar-refractivity contribution in [1.82, 2.24) is 18.7 Å². The summed E-state index contributed by atoms with van der Waals surface area (Å²) >= 11 is 2.53. The van der Waals surface area contributed by atoms with Crippen LogP contribution in [0, 0.1) is 22.8 Å². The van der Waals surface area contributed by atoms with Crippen LogP contribution in [0.15, 0.2) is 176 Å². The van der Waals surface area contributed by atoms with Crippen LogP contribution in [0.4, 0.5) is 5.69 Å². The van der Waals surface area contributed by atoms with E-state index in [4.69, 9.17) is 13.8 Å². The molecule has 13 rings (SSSR count). The third-order valence-electron chi connectivity index (χ3n) is 14.7. The minimum Gasteiger partial charge on any atom is -0.0579 e. The van der Waals surface area contributed by atoms with Crippen LogP contribution in [0.1, 0.15) is 60.0 Å². The number of anilines is 1. The summed E-state index contributed by atoms with van der Waals surface area (Å²) in [6.07, 6.45) is 5.99. The van der Waals surface area contributed by atoms with Crippen LogP contribution in [-0.2, 0) is 37.6 Å². The first-order valence-corrected chi connectivity index (χ1v) is 26.1. The number of pyridine rings is 1. The fraction of sp³-hybridized carbons (Fsp3) is 0.169. The van der Waals surface area contributed by atoms with Crippen molar-refractivity contribution in [3.63, 3.8) is 0 Å². The van der Waals surface area contributed by atoms with E-state index in [0.29, 0.717) is 22.9 Å². The summed E-state index contributed by atoms with van der Waals surface area (Å²) < 4.78 is 40.7. The Morgan fingerprint density at radius 1 is 0.583 bits per heavy atom. The van der Waals surface area contributed by atoms with E-state index in [9.17, 15) is 0 Å². The normalized spacial score (nSPS) is 14.3. The van der Waals surface area contributed by atoms with Crippen molar-refractivity contribution < 1.29 is 28.2 Å². The molecule has 0 saturated heterocycles. The van der Waals surface area contributed by atoms with E-state index in [-0.39, 0.29) is 11.0 Å². The molecule has 6 nitrogen and oxygen atoms in total. The van der Waals surface area contributed by atoms with Gasteiger partial charge in [-0.05, 0) is 29.0 Å². The Hall–Kier alpha value is -7.53. The Morgan fingerprint density at radius 3 is 1.88 bits per heavy atom. The molecule has 0 saturated carbocycles. The monoisotopic (exact) mass is 1120 g/mol. The van der Waals surface area contributed by atoms with Crippen molar-refractivity contribution in [2.45, 2.75) is 58.7 Å². The summed E-state index contributed by atoms with van der Waals surface area (Å²) in [5.74, 6) is 1.51. The molecule has 0 N–H and O–H groups in total. The first kappa shape index (κ1) is 41.1. The van der Waals surface area contributed by atoms with Gasteiger partial charge in [0.1, 0.15) is 0 Å². The quantitative estimate of drug-likeness (QED) is 0.142. The van der Waals surface area contributed by atoms with Gasteiger partial charge in [-0.25, -0.2) is 0 Å². The topological polar surface area (TPSA) is 40.1 Å². The van der Waals surface area contributed by atoms with E-state index in [2.05, 4.69) is 175 Å². The van der Waals surface area contributed by atoms with Crippen LogP contribution in [0.25, 0.3) is 83.4 Å². The SMILES string of the molecule is [2H]C([2H])([2H])c1cc(-n2c3[c-]c(Oc4[c-]c(-n5[c](=[Pt])n(-c6c(-c7ccccc7)c7c8c(c6-c6ccccc6)CCCN8CCC7)c6ccccc65)ccc4)ccc3c3ccccc32)ncc1-c1ccc(C(C)(C)C)cc1. The average molecular weight is 1120 g/mol. The van der Waals surface area contributed by atoms with Gasteiger partial charge in [0.15, 0.2) is 0 Å². The molecule has 0 atom stereocenters. The number of fused-ring (bicyclic) bond motifs is 4. The van der Waals surface area contributed by atoms with Gasteiger partial charge in [-0.2, -0.15) is 0 Å². The van der Waals surface area contributed by atoms with Gasteiger partial charge in [-0.3, -0.25) is 0 Å². The Kier molecular flexibility index (Phi) is 10.1. The number of aromatic nitrogens is 4. The summed E-state index contributed by atoms with van der Waals surface area (Å²) in [5.41, 5.74) is 17.9. The fourth-order valence-corrected chi connectivity index (χ4v) is 12.5. The van der Waals surface area contributed by atoms with Crippen LogP contribution in [0.5, 0.6) is 11.5 Å². The Labute approximate surface area is 436 Å². The van der Waals surface area contributed by atoms with Crippen molar-refractivity contribution in [2.75, 3.05) is 18.0 Å². The summed E-state index contributed by atoms with van der Waals surface area (Å²) in [6, 6.07) is 66.0. The zero-order valence-corrected chi connectivity index (χ0v) is 42.7. The van der Waals surface area contributed by atoms with E-state index >= 15 is 0 Å². The van der Waals surface area contributed by atoms with Gasteiger partial charge >= 0.3 is 336 Å². The Balaban J connectivity index is 0.943. The van der Waals surface area contributed by atoms with Gasteiger partial charge in [-0.1, -0.05) is 57.2 Å². The minimum absolute atomic E-state index is 0.0361. The molecule has 2 aliphatic rings. The average Bonchev–Trinajstić information content (AvgIpc) is 3.93. The molecule has 8 aromatic carbocycles. The molecule has 0 spiro atoms. The molecule has 3 aromatic heterocycles. The number of para-hydroxylation sites is 3. The van der Waals surface area contributed by atoms with Crippen LogP contribution in [-0.4, -0.2) is 31.8 Å². The molecule has 11 aromatic rings. The molecule has 0 bridgehead atoms. The molecule has 356 valence electrons. The van der Waals surface area contributed by atoms with E-state index in [1.165, 1.54) is 50.3 Å². The summed E-state index contributed by atoms with van der Waals surface area (Å²) in [4.78, 5) is 7.64. The molecular weight excluding hydrogens is 1060 g/mol. The van der Waals surface area contributed by atoms with Crippen molar-refractivity contribution in [3.8, 4) is 62.1 Å². The molecule has 2 aliphatic heterocycles. The van der Waals surface area contributed by atoms with E-state index < -0.39 is 6.85 Å². The summed E-state index contributed by atoms with van der Waals surface area (Å²) in [6.45, 7) is 6.28. The first-order valence-electron chi connectivity index (χ1n) is 26.4. The second-order valence-electron chi connectivity index (χ2n) is 20.1. The molecule has 0 unspecified atom stereocenters. The maximum absolute atomic E-state index is 8.70. The zero-order valence-electron chi connectivity index (χ0n) is 43.4. The van der Waals surface area contributed by atoms with Gasteiger partial charge < -0.3 is 0 Å². The minimum atomic E-state index is -2.40. The van der Waals surface area contributed by atoms with Crippen LogP contribution in [0.3, 0.4) is 0 Å². The van der Waals surface area contributed by atoms with Gasteiger partial charge in [0, 0.05) is 15.9 Å². The van der Waals surface area contributed by atoms with Crippen LogP contribution in [0.2, 0.25) is 0 Å². The number of rotatable bonds is 8. The maximum atomic E-state index is 8.70. The number of benzene rings is 8. The smallest absolute Gasteiger partial charge is 0.0579 e. The number of imidazole rings is 1. The third-order valence-corrected chi connectivity index (χ3v) is 15.7. The summed E-state index contributed by atoms with van der Waals surface area (Å²) in [7, 11) is 0. The predicted octanol–water partition coefficient (Wildman–Crippen LogP) is 15.7. The van der Waals surface area contributed by atoms with E-state index in [1.807, 2.05) is 59.2 Å². The number of hydrogen-bond acceptors (Lipinski definition) is 3. The van der Waals surface area contributed by atoms with Gasteiger partial charge in [-0.15, -0.1) is 0 Å². The second kappa shape index (κ2) is 17.6. The zero-order chi connectivity index (χ0) is 51.2. The Morgan fingerprint density at radius 2 is 1.21 bits per heavy atom. The van der Waals surface area contributed by atoms with Crippen LogP contribution >= 0.6 is 0 Å². The van der Waals surface area contributed by atoms with Crippen molar-refractivity contribution in [2.24, 2.45) is 0 Å². The van der Waals surface area contributed by atoms with Gasteiger partial charge in [0.05, 0.1) is 0 Å². The van der Waals surface area contributed by atoms with E-state index in [1.54, 1.807) is 12.3 Å². The van der Waals surface area contributed by atoms with Crippen molar-refractivity contribution in [3.05, 3.63) is 214 Å². The second-order valence-corrected chi connectivity index (χ2v) is 21.1. The third kappa shape index (κ3) is 7.41. The number of ether oxygens (including phenoxy) is 1. The first-order chi connectivity index (χ1) is 36.4. The van der Waals surface area contributed by atoms with Gasteiger partial charge in [0.25, 0.3) is 0 Å². The van der Waals surface area contributed by atoms with Crippen molar-refractivity contribution in [1.29, 1.82) is 0 Å². The molecule has 7 heteroatoms. The Bertz CT molecular complexity index is 4020. The van der Waals surface area contributed by atoms with Crippen molar-refractivity contribution >= 4 is 38.5 Å². The fourth-order valence-electron chi connectivity index (χ4n) is 11.4. The molecule has 0 radical (unpaired) electrons. The molecule has 72 heavy (non-hydrogen) atoms. The number of aryl methyl sites for hydroxylation is 1. The number of hydrogen-bond donors (Lipinski definition) is 0. The molecule has 0 aliphatic carbocycles. The van der Waals surface area contributed by atoms with Gasteiger partial charge in [0.2, 0.25) is 0 Å². The molecular formula is C65H53N5OPt-2. The standard InChI is InChI=1S/C65H53N5O.Pt/c1-43-38-60(66-41-55(43)44-30-32-47(33-31-44)65(2,3)4)70-56-27-12-11-24-51(56)52-35-34-50(40-59(52)70)71-49-23-15-22-48(39-49)68-42-69(58-29-14-13-28-57(58)68)64-61(45-18-7-5-8-19-45)53-25-16-36-67-37-17-26-54(63(53)67)62(64)46-20-9-6-10-21-46;/h5-15,18-24,27-35,38,41H,16-17,25-26,36-37H2,1-4H3;/q-2;/i1D3;. The number of nitrogens with zero attached hydrogens (tertiary/aromatic N) is 5. The predicted molar refractivity (Wildman–Crippen MR) is 291 cm³/mol. The van der Waals surface area contributed by atoms with E-state index in [0.717, 1.165) is 86.7 Å².